The molecule has 0 unspecified atom stereocenters. The third-order valence-corrected chi connectivity index (χ3v) is 5.50. The number of thiazole rings is 1. The van der Waals surface area contributed by atoms with Gasteiger partial charge < -0.3 is 10.2 Å². The van der Waals surface area contributed by atoms with Crippen LogP contribution in [-0.2, 0) is 4.79 Å². The number of benzene rings is 1. The lowest BCUT2D eigenvalue weighted by Crippen LogP contribution is -2.49. The van der Waals surface area contributed by atoms with Crippen LogP contribution in [0.3, 0.4) is 0 Å². The van der Waals surface area contributed by atoms with E-state index in [-0.39, 0.29) is 30.4 Å². The molecule has 0 bridgehead atoms. The normalized spacial score (nSPS) is 19.2. The Bertz CT molecular complexity index is 777. The number of rotatable bonds is 2. The number of urea groups is 1. The summed E-state index contributed by atoms with van der Waals surface area (Å²) in [6, 6.07) is 7.23. The topological polar surface area (TPSA) is 82.6 Å². The zero-order chi connectivity index (χ0) is 16.7. The van der Waals surface area contributed by atoms with E-state index in [1.54, 1.807) is 4.90 Å². The third-order valence-electron chi connectivity index (χ3n) is 4.47. The first-order valence-electron chi connectivity index (χ1n) is 7.88. The van der Waals surface area contributed by atoms with Crippen LogP contribution in [0.2, 0.25) is 0 Å². The second kappa shape index (κ2) is 5.86. The molecular formula is C16H16N4O3S. The second-order valence-corrected chi connectivity index (χ2v) is 6.96. The van der Waals surface area contributed by atoms with Crippen LogP contribution in [0, 0.1) is 0 Å². The van der Waals surface area contributed by atoms with Crippen molar-refractivity contribution in [2.75, 3.05) is 19.6 Å². The average molecular weight is 344 g/mol. The fraction of sp³-hybridized carbons (Fsp3) is 0.375. The molecule has 1 aromatic carbocycles. The lowest BCUT2D eigenvalue weighted by atomic mass is 10.0. The van der Waals surface area contributed by atoms with Crippen LogP contribution in [-0.4, -0.2) is 58.3 Å². The van der Waals surface area contributed by atoms with E-state index in [2.05, 4.69) is 10.3 Å². The summed E-state index contributed by atoms with van der Waals surface area (Å²) in [5.41, 5.74) is 0.833. The summed E-state index contributed by atoms with van der Waals surface area (Å²) in [7, 11) is 0. The van der Waals surface area contributed by atoms with Crippen LogP contribution in [0.1, 0.15) is 22.6 Å². The molecule has 1 N–H and O–H groups in total. The van der Waals surface area contributed by atoms with Crippen molar-refractivity contribution in [3.8, 4) is 0 Å². The van der Waals surface area contributed by atoms with Crippen molar-refractivity contribution in [3.63, 3.8) is 0 Å². The van der Waals surface area contributed by atoms with Crippen molar-refractivity contribution < 1.29 is 14.4 Å². The molecule has 0 radical (unpaired) electrons. The van der Waals surface area contributed by atoms with Crippen molar-refractivity contribution in [2.24, 2.45) is 0 Å². The van der Waals surface area contributed by atoms with Gasteiger partial charge in [0.1, 0.15) is 0 Å². The highest BCUT2D eigenvalue weighted by atomic mass is 32.1. The Morgan fingerprint density at radius 3 is 2.62 bits per heavy atom. The van der Waals surface area contributed by atoms with Gasteiger partial charge in [0.15, 0.2) is 5.01 Å². The van der Waals surface area contributed by atoms with Gasteiger partial charge in [0.05, 0.1) is 16.8 Å². The molecule has 2 aliphatic rings. The summed E-state index contributed by atoms with van der Waals surface area (Å²) >= 11 is 1.39. The Kier molecular flexibility index (Phi) is 3.68. The van der Waals surface area contributed by atoms with E-state index in [0.29, 0.717) is 30.9 Å². The van der Waals surface area contributed by atoms with Crippen LogP contribution in [0.4, 0.5) is 4.79 Å². The number of fused-ring (bicyclic) bond motifs is 1. The number of piperidine rings is 1. The van der Waals surface area contributed by atoms with E-state index >= 15 is 0 Å². The maximum Gasteiger partial charge on any atom is 0.324 e. The average Bonchev–Trinajstić information content (AvgIpc) is 3.18. The summed E-state index contributed by atoms with van der Waals surface area (Å²) in [6.45, 7) is 1.12. The zero-order valence-corrected chi connectivity index (χ0v) is 13.7. The molecule has 8 heteroatoms. The van der Waals surface area contributed by atoms with E-state index in [4.69, 9.17) is 0 Å². The third kappa shape index (κ3) is 2.52. The molecule has 2 fully saturated rings. The van der Waals surface area contributed by atoms with Crippen molar-refractivity contribution in [2.45, 2.75) is 18.9 Å². The van der Waals surface area contributed by atoms with Crippen molar-refractivity contribution in [3.05, 3.63) is 29.3 Å². The van der Waals surface area contributed by atoms with Crippen LogP contribution in [0.5, 0.6) is 0 Å². The smallest absolute Gasteiger partial charge is 0.324 e. The molecule has 4 rings (SSSR count). The van der Waals surface area contributed by atoms with Crippen LogP contribution >= 0.6 is 11.3 Å². The number of nitrogens with zero attached hydrogens (tertiary/aromatic N) is 3. The standard InChI is InChI=1S/C16H16N4O3S/c21-13-9-17-16(23)20(13)10-5-7-19(8-6-10)15(22)14-18-11-3-1-2-4-12(11)24-14/h1-4,10H,5-9H2,(H,17,23). The molecule has 124 valence electrons. The number of carbonyl (C=O) groups excluding carboxylic acids is 3. The molecule has 24 heavy (non-hydrogen) atoms. The van der Waals surface area contributed by atoms with E-state index < -0.39 is 0 Å². The Morgan fingerprint density at radius 1 is 1.21 bits per heavy atom. The number of hydrogen-bond acceptors (Lipinski definition) is 5. The number of hydrogen-bond donors (Lipinski definition) is 1. The first-order valence-corrected chi connectivity index (χ1v) is 8.70. The first kappa shape index (κ1) is 15.1. The molecule has 2 aromatic rings. The van der Waals surface area contributed by atoms with E-state index in [1.807, 2.05) is 24.3 Å². The predicted octanol–water partition coefficient (Wildman–Crippen LogP) is 1.45. The molecule has 1 aromatic heterocycles. The summed E-state index contributed by atoms with van der Waals surface area (Å²) in [4.78, 5) is 43.6. The maximum absolute atomic E-state index is 12.6. The minimum Gasteiger partial charge on any atom is -0.336 e. The molecule has 2 saturated heterocycles. The van der Waals surface area contributed by atoms with Crippen molar-refractivity contribution in [1.29, 1.82) is 0 Å². The highest BCUT2D eigenvalue weighted by Gasteiger charge is 2.37. The lowest BCUT2D eigenvalue weighted by Gasteiger charge is -2.34. The summed E-state index contributed by atoms with van der Waals surface area (Å²) in [6.07, 6.45) is 1.21. The van der Waals surface area contributed by atoms with Gasteiger partial charge in [-0.05, 0) is 25.0 Å². The van der Waals surface area contributed by atoms with Gasteiger partial charge in [-0.25, -0.2) is 9.78 Å². The second-order valence-electron chi connectivity index (χ2n) is 5.93. The lowest BCUT2D eigenvalue weighted by molar-refractivity contribution is -0.127. The quantitative estimate of drug-likeness (QED) is 0.836. The van der Waals surface area contributed by atoms with Gasteiger partial charge in [0.2, 0.25) is 5.91 Å². The van der Waals surface area contributed by atoms with Gasteiger partial charge in [0, 0.05) is 19.1 Å². The number of para-hydroxylation sites is 1. The molecule has 0 spiro atoms. The molecule has 2 aliphatic heterocycles. The molecular weight excluding hydrogens is 328 g/mol. The van der Waals surface area contributed by atoms with E-state index in [1.165, 1.54) is 16.2 Å². The first-order chi connectivity index (χ1) is 11.6. The van der Waals surface area contributed by atoms with Crippen LogP contribution in [0.15, 0.2) is 24.3 Å². The monoisotopic (exact) mass is 344 g/mol. The molecule has 4 amide bonds. The van der Waals surface area contributed by atoms with Gasteiger partial charge in [-0.15, -0.1) is 11.3 Å². The Hall–Kier alpha value is -2.48. The Labute approximate surface area is 142 Å². The summed E-state index contributed by atoms with van der Waals surface area (Å²) in [5, 5.41) is 3.03. The van der Waals surface area contributed by atoms with Crippen LogP contribution in [0.25, 0.3) is 10.2 Å². The highest BCUT2D eigenvalue weighted by molar-refractivity contribution is 7.20. The summed E-state index contributed by atoms with van der Waals surface area (Å²) < 4.78 is 0.995. The molecule has 0 atom stereocenters. The largest absolute Gasteiger partial charge is 0.336 e. The SMILES string of the molecule is O=C(c1nc2ccccc2s1)N1CCC(N2C(=O)CNC2=O)CC1. The van der Waals surface area contributed by atoms with Crippen LogP contribution < -0.4 is 5.32 Å². The fourth-order valence-corrected chi connectivity index (χ4v) is 4.16. The van der Waals surface area contributed by atoms with Crippen molar-refractivity contribution >= 4 is 39.4 Å². The van der Waals surface area contributed by atoms with Gasteiger partial charge >= 0.3 is 6.03 Å². The van der Waals surface area contributed by atoms with Gasteiger partial charge in [-0.2, -0.15) is 0 Å². The predicted molar refractivity (Wildman–Crippen MR) is 88.8 cm³/mol. The Balaban J connectivity index is 1.44. The minimum atomic E-state index is -0.323. The molecule has 0 aliphatic carbocycles. The minimum absolute atomic E-state index is 0.0731. The fourth-order valence-electron chi connectivity index (χ4n) is 3.23. The number of carbonyl (C=O) groups is 3. The van der Waals surface area contributed by atoms with Gasteiger partial charge in [-0.3, -0.25) is 14.5 Å². The summed E-state index contributed by atoms with van der Waals surface area (Å²) in [5.74, 6) is -0.261. The maximum atomic E-state index is 12.6. The van der Waals surface area contributed by atoms with Gasteiger partial charge in [0.25, 0.3) is 5.91 Å². The molecule has 7 nitrogen and oxygen atoms in total. The molecule has 0 saturated carbocycles. The number of likely N-dealkylation sites (tertiary alicyclic amines) is 1. The highest BCUT2D eigenvalue weighted by Crippen LogP contribution is 2.25. The Morgan fingerprint density at radius 2 is 1.96 bits per heavy atom. The number of aromatic nitrogens is 1. The number of amides is 4. The number of nitrogens with one attached hydrogen (secondary N) is 1. The zero-order valence-electron chi connectivity index (χ0n) is 12.9. The van der Waals surface area contributed by atoms with Crippen molar-refractivity contribution in [1.82, 2.24) is 20.1 Å². The van der Waals surface area contributed by atoms with E-state index in [0.717, 1.165) is 10.2 Å². The molecule has 3 heterocycles. The van der Waals surface area contributed by atoms with Gasteiger partial charge in [-0.1, -0.05) is 12.1 Å². The number of imide groups is 1. The van der Waals surface area contributed by atoms with E-state index in [9.17, 15) is 14.4 Å².